The second-order valence-corrected chi connectivity index (χ2v) is 5.11. The summed E-state index contributed by atoms with van der Waals surface area (Å²) in [7, 11) is 3.75. The van der Waals surface area contributed by atoms with Gasteiger partial charge in [-0.15, -0.1) is 0 Å². The van der Waals surface area contributed by atoms with E-state index in [1.54, 1.807) is 6.07 Å². The fourth-order valence-corrected chi connectivity index (χ4v) is 2.28. The molecule has 1 aliphatic carbocycles. The van der Waals surface area contributed by atoms with E-state index < -0.39 is 17.3 Å². The summed E-state index contributed by atoms with van der Waals surface area (Å²) >= 11 is 0. The van der Waals surface area contributed by atoms with Crippen molar-refractivity contribution < 1.29 is 14.7 Å². The smallest absolute Gasteiger partial charge is 0.319 e. The second kappa shape index (κ2) is 4.91. The molecular formula is C14H18N2O3. The van der Waals surface area contributed by atoms with Crippen LogP contribution in [0.15, 0.2) is 24.3 Å². The third kappa shape index (κ3) is 2.28. The summed E-state index contributed by atoms with van der Waals surface area (Å²) in [5.41, 5.74) is 0.264. The van der Waals surface area contributed by atoms with Crippen LogP contribution in [0.4, 0.5) is 11.4 Å². The molecule has 0 spiro atoms. The third-order valence-electron chi connectivity index (χ3n) is 3.69. The number of aliphatic carboxylic acids is 1. The Morgan fingerprint density at radius 1 is 1.26 bits per heavy atom. The number of carbonyl (C=O) groups is 2. The number of nitrogens with zero attached hydrogens (tertiary/aromatic N) is 1. The molecule has 1 saturated carbocycles. The Morgan fingerprint density at radius 2 is 1.89 bits per heavy atom. The van der Waals surface area contributed by atoms with Gasteiger partial charge in [0.15, 0.2) is 0 Å². The van der Waals surface area contributed by atoms with E-state index in [9.17, 15) is 14.7 Å². The molecule has 1 amide bonds. The number of rotatable bonds is 4. The van der Waals surface area contributed by atoms with E-state index in [2.05, 4.69) is 5.32 Å². The van der Waals surface area contributed by atoms with Crippen molar-refractivity contribution in [1.29, 1.82) is 0 Å². The molecule has 1 fully saturated rings. The number of carbonyl (C=O) groups excluding carboxylic acids is 1. The van der Waals surface area contributed by atoms with Crippen molar-refractivity contribution in [2.75, 3.05) is 24.3 Å². The van der Waals surface area contributed by atoms with Crippen LogP contribution in [0.25, 0.3) is 0 Å². The van der Waals surface area contributed by atoms with Crippen molar-refractivity contribution in [3.05, 3.63) is 24.3 Å². The first-order chi connectivity index (χ1) is 8.97. The summed E-state index contributed by atoms with van der Waals surface area (Å²) in [5, 5.41) is 12.0. The van der Waals surface area contributed by atoms with Crippen molar-refractivity contribution >= 4 is 23.3 Å². The molecule has 0 saturated heterocycles. The van der Waals surface area contributed by atoms with E-state index >= 15 is 0 Å². The Labute approximate surface area is 112 Å². The fourth-order valence-electron chi connectivity index (χ4n) is 2.28. The zero-order valence-corrected chi connectivity index (χ0v) is 11.1. The fraction of sp³-hybridized carbons (Fsp3) is 0.429. The van der Waals surface area contributed by atoms with E-state index in [1.807, 2.05) is 37.2 Å². The van der Waals surface area contributed by atoms with Gasteiger partial charge in [-0.05, 0) is 25.0 Å². The minimum atomic E-state index is -1.24. The number of carboxylic acids is 1. The van der Waals surface area contributed by atoms with Crippen LogP contribution in [0.2, 0.25) is 0 Å². The number of para-hydroxylation sites is 2. The molecule has 2 rings (SSSR count). The zero-order valence-electron chi connectivity index (χ0n) is 11.1. The lowest BCUT2D eigenvalue weighted by Crippen LogP contribution is -2.48. The zero-order chi connectivity index (χ0) is 14.0. The van der Waals surface area contributed by atoms with E-state index in [-0.39, 0.29) is 0 Å². The van der Waals surface area contributed by atoms with Crippen molar-refractivity contribution in [3.63, 3.8) is 0 Å². The molecule has 0 bridgehead atoms. The van der Waals surface area contributed by atoms with Gasteiger partial charge in [-0.1, -0.05) is 18.6 Å². The van der Waals surface area contributed by atoms with Crippen LogP contribution in [-0.2, 0) is 9.59 Å². The number of amides is 1. The van der Waals surface area contributed by atoms with Crippen molar-refractivity contribution in [2.45, 2.75) is 19.3 Å². The summed E-state index contributed by atoms with van der Waals surface area (Å²) in [6, 6.07) is 7.35. The first kappa shape index (κ1) is 13.4. The number of carboxylic acid groups (broad SMARTS) is 1. The van der Waals surface area contributed by atoms with Crippen molar-refractivity contribution in [3.8, 4) is 0 Å². The van der Waals surface area contributed by atoms with Crippen LogP contribution in [0.5, 0.6) is 0 Å². The number of benzene rings is 1. The van der Waals surface area contributed by atoms with Gasteiger partial charge in [-0.25, -0.2) is 0 Å². The molecule has 5 nitrogen and oxygen atoms in total. The Balaban J connectivity index is 2.22. The number of hydrogen-bond acceptors (Lipinski definition) is 3. The average Bonchev–Trinajstić information content (AvgIpc) is 2.27. The van der Waals surface area contributed by atoms with E-state index in [0.717, 1.165) is 12.1 Å². The van der Waals surface area contributed by atoms with Gasteiger partial charge in [-0.3, -0.25) is 9.59 Å². The molecule has 0 aliphatic heterocycles. The standard InChI is InChI=1S/C14H18N2O3/c1-16(2)11-7-4-3-6-10(11)15-12(17)14(13(18)19)8-5-9-14/h3-4,6-7H,5,8-9H2,1-2H3,(H,15,17)(H,18,19). The third-order valence-corrected chi connectivity index (χ3v) is 3.69. The lowest BCUT2D eigenvalue weighted by Gasteiger charge is -2.36. The van der Waals surface area contributed by atoms with Crippen LogP contribution in [-0.4, -0.2) is 31.1 Å². The van der Waals surface area contributed by atoms with Crippen LogP contribution in [0, 0.1) is 5.41 Å². The summed E-state index contributed by atoms with van der Waals surface area (Å²) in [6.07, 6.45) is 1.62. The van der Waals surface area contributed by atoms with E-state index in [1.165, 1.54) is 0 Å². The molecule has 1 aromatic rings. The Kier molecular flexibility index (Phi) is 3.46. The quantitative estimate of drug-likeness (QED) is 0.814. The first-order valence-corrected chi connectivity index (χ1v) is 6.28. The Bertz CT molecular complexity index is 507. The molecule has 0 heterocycles. The van der Waals surface area contributed by atoms with Gasteiger partial charge < -0.3 is 15.3 Å². The van der Waals surface area contributed by atoms with Gasteiger partial charge >= 0.3 is 5.97 Å². The Morgan fingerprint density at radius 3 is 2.37 bits per heavy atom. The highest BCUT2D eigenvalue weighted by molar-refractivity contribution is 6.10. The molecule has 2 N–H and O–H groups in total. The predicted molar refractivity (Wildman–Crippen MR) is 73.3 cm³/mol. The van der Waals surface area contributed by atoms with E-state index in [0.29, 0.717) is 18.5 Å². The summed E-state index contributed by atoms with van der Waals surface area (Å²) in [5.74, 6) is -1.45. The SMILES string of the molecule is CN(C)c1ccccc1NC(=O)C1(C(=O)O)CCC1. The maximum atomic E-state index is 12.2. The minimum Gasteiger partial charge on any atom is -0.480 e. The van der Waals surface area contributed by atoms with Crippen molar-refractivity contribution in [1.82, 2.24) is 0 Å². The molecule has 0 atom stereocenters. The summed E-state index contributed by atoms with van der Waals surface area (Å²) in [6.45, 7) is 0. The largest absolute Gasteiger partial charge is 0.480 e. The van der Waals surface area contributed by atoms with Gasteiger partial charge in [0.25, 0.3) is 0 Å². The van der Waals surface area contributed by atoms with E-state index in [4.69, 9.17) is 0 Å². The lowest BCUT2D eigenvalue weighted by molar-refractivity contribution is -0.159. The van der Waals surface area contributed by atoms with Crippen molar-refractivity contribution in [2.24, 2.45) is 5.41 Å². The van der Waals surface area contributed by atoms with Gasteiger partial charge in [0.1, 0.15) is 5.41 Å². The maximum Gasteiger partial charge on any atom is 0.319 e. The first-order valence-electron chi connectivity index (χ1n) is 6.28. The lowest BCUT2D eigenvalue weighted by atomic mass is 9.68. The topological polar surface area (TPSA) is 69.6 Å². The number of nitrogens with one attached hydrogen (secondary N) is 1. The molecular weight excluding hydrogens is 244 g/mol. The molecule has 19 heavy (non-hydrogen) atoms. The second-order valence-electron chi connectivity index (χ2n) is 5.11. The highest BCUT2D eigenvalue weighted by Gasteiger charge is 2.51. The van der Waals surface area contributed by atoms with Crippen LogP contribution in [0.1, 0.15) is 19.3 Å². The monoisotopic (exact) mass is 262 g/mol. The number of hydrogen-bond donors (Lipinski definition) is 2. The Hall–Kier alpha value is -2.04. The van der Waals surface area contributed by atoms with Crippen LogP contribution in [0.3, 0.4) is 0 Å². The molecule has 0 radical (unpaired) electrons. The number of anilines is 2. The van der Waals surface area contributed by atoms with Crippen LogP contribution >= 0.6 is 0 Å². The maximum absolute atomic E-state index is 12.2. The average molecular weight is 262 g/mol. The summed E-state index contributed by atoms with van der Waals surface area (Å²) < 4.78 is 0. The van der Waals surface area contributed by atoms with Gasteiger partial charge in [0, 0.05) is 14.1 Å². The highest BCUT2D eigenvalue weighted by Crippen LogP contribution is 2.42. The molecule has 5 heteroatoms. The van der Waals surface area contributed by atoms with Gasteiger partial charge in [0.2, 0.25) is 5.91 Å². The van der Waals surface area contributed by atoms with Crippen LogP contribution < -0.4 is 10.2 Å². The van der Waals surface area contributed by atoms with Gasteiger partial charge in [-0.2, -0.15) is 0 Å². The normalized spacial score (nSPS) is 16.3. The molecule has 0 aromatic heterocycles. The molecule has 0 unspecified atom stereocenters. The molecule has 102 valence electrons. The highest BCUT2D eigenvalue weighted by atomic mass is 16.4. The molecule has 1 aromatic carbocycles. The summed E-state index contributed by atoms with van der Waals surface area (Å²) in [4.78, 5) is 25.4. The van der Waals surface area contributed by atoms with Gasteiger partial charge in [0.05, 0.1) is 11.4 Å². The predicted octanol–water partition coefficient (Wildman–Crippen LogP) is 1.95. The molecule has 1 aliphatic rings. The minimum absolute atomic E-state index is 0.415.